The molecular formula is C9H16O2Si. The Morgan fingerprint density at radius 1 is 1.33 bits per heavy atom. The minimum absolute atomic E-state index is 0.936. The molecule has 0 radical (unpaired) electrons. The van der Waals surface area contributed by atoms with Crippen molar-refractivity contribution < 1.29 is 10.2 Å². The zero-order chi connectivity index (χ0) is 9.78. The molecule has 0 rings (SSSR count). The number of rotatable bonds is 2. The summed E-state index contributed by atoms with van der Waals surface area (Å²) in [4.78, 5) is 0. The lowest BCUT2D eigenvalue weighted by Gasteiger charge is -2.09. The Kier molecular flexibility index (Phi) is 4.25. The monoisotopic (exact) mass is 184 g/mol. The summed E-state index contributed by atoms with van der Waals surface area (Å²) in [6, 6.07) is 0. The van der Waals surface area contributed by atoms with Crippen molar-refractivity contribution in [3.05, 3.63) is 12.7 Å². The molecule has 0 heterocycles. The van der Waals surface area contributed by atoms with E-state index in [1.165, 1.54) is 6.08 Å². The van der Waals surface area contributed by atoms with Crippen molar-refractivity contribution in [3.63, 3.8) is 0 Å². The predicted octanol–water partition coefficient (Wildman–Crippen LogP) is 0.775. The summed E-state index contributed by atoms with van der Waals surface area (Å²) in [6.07, 6.45) is -0.646. The van der Waals surface area contributed by atoms with E-state index in [1.807, 2.05) is 0 Å². The Balaban J connectivity index is 4.22. The van der Waals surface area contributed by atoms with Gasteiger partial charge >= 0.3 is 0 Å². The van der Waals surface area contributed by atoms with E-state index in [2.05, 4.69) is 37.7 Å². The average molecular weight is 184 g/mol. The van der Waals surface area contributed by atoms with Crippen molar-refractivity contribution in [2.24, 2.45) is 0 Å². The second-order valence-electron chi connectivity index (χ2n) is 3.69. The Bertz CT molecular complexity index is 207. The van der Waals surface area contributed by atoms with E-state index >= 15 is 0 Å². The maximum Gasteiger partial charge on any atom is 0.143 e. The summed E-state index contributed by atoms with van der Waals surface area (Å²) >= 11 is 0. The molecule has 2 atom stereocenters. The van der Waals surface area contributed by atoms with Crippen molar-refractivity contribution in [2.75, 3.05) is 0 Å². The molecular weight excluding hydrogens is 168 g/mol. The Hall–Kier alpha value is -0.563. The molecule has 0 aromatic carbocycles. The van der Waals surface area contributed by atoms with Crippen LogP contribution in [0, 0.1) is 11.5 Å². The second-order valence-corrected chi connectivity index (χ2v) is 8.44. The lowest BCUT2D eigenvalue weighted by molar-refractivity contribution is 0.0873. The molecule has 3 heteroatoms. The maximum atomic E-state index is 9.21. The van der Waals surface area contributed by atoms with Crippen molar-refractivity contribution in [1.29, 1.82) is 0 Å². The molecule has 0 spiro atoms. The molecule has 0 amide bonds. The number of aliphatic hydroxyl groups excluding tert-OH is 2. The van der Waals surface area contributed by atoms with E-state index in [9.17, 15) is 5.11 Å². The Morgan fingerprint density at radius 3 is 2.17 bits per heavy atom. The van der Waals surface area contributed by atoms with Crippen LogP contribution in [-0.4, -0.2) is 30.5 Å². The average Bonchev–Trinajstić information content (AvgIpc) is 1.97. The van der Waals surface area contributed by atoms with Crippen LogP contribution >= 0.6 is 0 Å². The Morgan fingerprint density at radius 2 is 1.83 bits per heavy atom. The summed E-state index contributed by atoms with van der Waals surface area (Å²) < 4.78 is 0. The summed E-state index contributed by atoms with van der Waals surface area (Å²) in [7, 11) is -1.45. The van der Waals surface area contributed by atoms with E-state index in [-0.39, 0.29) is 0 Å². The summed E-state index contributed by atoms with van der Waals surface area (Å²) in [5.74, 6) is 2.62. The largest absolute Gasteiger partial charge is 0.385 e. The first-order chi connectivity index (χ1) is 5.37. The fourth-order valence-corrected chi connectivity index (χ4v) is 1.09. The van der Waals surface area contributed by atoms with Crippen LogP contribution in [0.1, 0.15) is 0 Å². The SMILES string of the molecule is C=C[C@@H](O)[C@H](O)C#C[Si](C)(C)C. The van der Waals surface area contributed by atoms with Gasteiger partial charge in [-0.05, 0) is 0 Å². The number of aliphatic hydroxyl groups is 2. The van der Waals surface area contributed by atoms with E-state index < -0.39 is 20.3 Å². The highest BCUT2D eigenvalue weighted by Crippen LogP contribution is 1.98. The lowest BCUT2D eigenvalue weighted by Crippen LogP contribution is -2.24. The molecule has 0 aromatic rings. The number of hydrogen-bond donors (Lipinski definition) is 2. The van der Waals surface area contributed by atoms with Gasteiger partial charge in [0.15, 0.2) is 0 Å². The van der Waals surface area contributed by atoms with Gasteiger partial charge in [-0.3, -0.25) is 0 Å². The van der Waals surface area contributed by atoms with Crippen LogP contribution < -0.4 is 0 Å². The third-order valence-corrected chi connectivity index (χ3v) is 2.05. The molecule has 12 heavy (non-hydrogen) atoms. The van der Waals surface area contributed by atoms with Crippen molar-refractivity contribution in [2.45, 2.75) is 31.8 Å². The van der Waals surface area contributed by atoms with E-state index in [4.69, 9.17) is 5.11 Å². The molecule has 0 aliphatic heterocycles. The number of hydrogen-bond acceptors (Lipinski definition) is 2. The van der Waals surface area contributed by atoms with Gasteiger partial charge in [0.2, 0.25) is 0 Å². The third kappa shape index (κ3) is 5.14. The van der Waals surface area contributed by atoms with Crippen LogP contribution in [0.25, 0.3) is 0 Å². The van der Waals surface area contributed by atoms with Crippen LogP contribution in [0.15, 0.2) is 12.7 Å². The summed E-state index contributed by atoms with van der Waals surface area (Å²) in [5, 5.41) is 18.3. The quantitative estimate of drug-likeness (QED) is 0.378. The lowest BCUT2D eigenvalue weighted by atomic mass is 10.2. The van der Waals surface area contributed by atoms with E-state index in [1.54, 1.807) is 0 Å². The van der Waals surface area contributed by atoms with Gasteiger partial charge in [-0.2, -0.15) is 0 Å². The molecule has 0 bridgehead atoms. The maximum absolute atomic E-state index is 9.21. The Labute approximate surface area is 74.9 Å². The molecule has 0 aromatic heterocycles. The van der Waals surface area contributed by atoms with Gasteiger partial charge in [0, 0.05) is 0 Å². The minimum Gasteiger partial charge on any atom is -0.385 e. The molecule has 0 aliphatic rings. The van der Waals surface area contributed by atoms with Crippen LogP contribution in [0.4, 0.5) is 0 Å². The molecule has 0 saturated carbocycles. The van der Waals surface area contributed by atoms with Gasteiger partial charge in [-0.25, -0.2) is 0 Å². The first-order valence-corrected chi connectivity index (χ1v) is 7.38. The van der Waals surface area contributed by atoms with Crippen LogP contribution in [0.3, 0.4) is 0 Å². The zero-order valence-corrected chi connectivity index (χ0v) is 8.83. The first-order valence-electron chi connectivity index (χ1n) is 3.88. The topological polar surface area (TPSA) is 40.5 Å². The third-order valence-electron chi connectivity index (χ3n) is 1.16. The van der Waals surface area contributed by atoms with E-state index in [0.29, 0.717) is 0 Å². The fraction of sp³-hybridized carbons (Fsp3) is 0.556. The molecule has 2 N–H and O–H groups in total. The van der Waals surface area contributed by atoms with Gasteiger partial charge in [-0.1, -0.05) is 31.6 Å². The highest BCUT2D eigenvalue weighted by atomic mass is 28.3. The summed E-state index contributed by atoms with van der Waals surface area (Å²) in [5.41, 5.74) is 2.97. The highest BCUT2D eigenvalue weighted by molar-refractivity contribution is 6.83. The van der Waals surface area contributed by atoms with Crippen LogP contribution in [-0.2, 0) is 0 Å². The standard InChI is InChI=1S/C9H16O2Si/c1-5-8(10)9(11)6-7-12(2,3)4/h5,8-11H,1H2,2-4H3/t8-,9-/m1/s1. The van der Waals surface area contributed by atoms with E-state index in [0.717, 1.165) is 0 Å². The normalized spacial score (nSPS) is 15.8. The molecule has 68 valence electrons. The minimum atomic E-state index is -1.45. The highest BCUT2D eigenvalue weighted by Gasteiger charge is 2.11. The van der Waals surface area contributed by atoms with Crippen molar-refractivity contribution >= 4 is 8.07 Å². The van der Waals surface area contributed by atoms with Gasteiger partial charge in [0.05, 0.1) is 0 Å². The van der Waals surface area contributed by atoms with Crippen LogP contribution in [0.5, 0.6) is 0 Å². The summed E-state index contributed by atoms with van der Waals surface area (Å²) in [6.45, 7) is 9.59. The van der Waals surface area contributed by atoms with Gasteiger partial charge in [0.1, 0.15) is 20.3 Å². The molecule has 2 nitrogen and oxygen atoms in total. The molecule has 0 aliphatic carbocycles. The second kappa shape index (κ2) is 4.46. The zero-order valence-electron chi connectivity index (χ0n) is 7.83. The van der Waals surface area contributed by atoms with Gasteiger partial charge in [0.25, 0.3) is 0 Å². The molecule has 0 unspecified atom stereocenters. The van der Waals surface area contributed by atoms with Gasteiger partial charge in [-0.15, -0.1) is 12.1 Å². The van der Waals surface area contributed by atoms with Crippen LogP contribution in [0.2, 0.25) is 19.6 Å². The van der Waals surface area contributed by atoms with Crippen molar-refractivity contribution in [1.82, 2.24) is 0 Å². The smallest absolute Gasteiger partial charge is 0.143 e. The van der Waals surface area contributed by atoms with Gasteiger partial charge < -0.3 is 10.2 Å². The molecule has 0 saturated heterocycles. The van der Waals surface area contributed by atoms with Crippen molar-refractivity contribution in [3.8, 4) is 11.5 Å². The fourth-order valence-electron chi connectivity index (χ4n) is 0.505. The first kappa shape index (κ1) is 11.4. The predicted molar refractivity (Wildman–Crippen MR) is 53.3 cm³/mol. The molecule has 0 fully saturated rings.